The van der Waals surface area contributed by atoms with Crippen molar-refractivity contribution >= 4 is 11.7 Å². The maximum absolute atomic E-state index is 10.6. The molecule has 1 aromatic rings. The number of carboxylic acid groups (broad SMARTS) is 1. The Hall–Kier alpha value is -2.15. The number of ether oxygens (including phenoxy) is 1. The van der Waals surface area contributed by atoms with Crippen LogP contribution in [0, 0.1) is 17.0 Å². The SMILES string of the molecule is Cc1cc(OCC(C)(O)C(=O)O)ccc1[N+](=O)[O-]. The minimum atomic E-state index is -2.00. The zero-order chi connectivity index (χ0) is 13.9. The molecule has 1 atom stereocenters. The normalized spacial score (nSPS) is 13.7. The summed E-state index contributed by atoms with van der Waals surface area (Å²) in [4.78, 5) is 20.7. The molecule has 98 valence electrons. The highest BCUT2D eigenvalue weighted by Gasteiger charge is 2.31. The molecule has 0 spiro atoms. The quantitative estimate of drug-likeness (QED) is 0.602. The fraction of sp³-hybridized carbons (Fsp3) is 0.364. The molecule has 0 bridgehead atoms. The molecular weight excluding hydrogens is 242 g/mol. The number of aliphatic carboxylic acids is 1. The Morgan fingerprint density at radius 2 is 2.17 bits per heavy atom. The van der Waals surface area contributed by atoms with Crippen molar-refractivity contribution in [3.63, 3.8) is 0 Å². The first-order chi connectivity index (χ1) is 8.24. The van der Waals surface area contributed by atoms with Gasteiger partial charge in [-0.15, -0.1) is 0 Å². The Morgan fingerprint density at radius 1 is 1.56 bits per heavy atom. The summed E-state index contributed by atoms with van der Waals surface area (Å²) in [6.07, 6.45) is 0. The van der Waals surface area contributed by atoms with Gasteiger partial charge in [0.15, 0.2) is 5.60 Å². The third-order valence-electron chi connectivity index (χ3n) is 2.35. The molecular formula is C11H13NO6. The minimum Gasteiger partial charge on any atom is -0.490 e. The van der Waals surface area contributed by atoms with Gasteiger partial charge in [-0.05, 0) is 26.0 Å². The summed E-state index contributed by atoms with van der Waals surface area (Å²) in [7, 11) is 0. The molecule has 2 N–H and O–H groups in total. The first-order valence-electron chi connectivity index (χ1n) is 5.07. The lowest BCUT2D eigenvalue weighted by Crippen LogP contribution is -2.41. The maximum Gasteiger partial charge on any atom is 0.339 e. The standard InChI is InChI=1S/C11H13NO6/c1-7-5-8(3-4-9(7)12(16)17)18-6-11(2,15)10(13)14/h3-5,15H,6H2,1-2H3,(H,13,14). The summed E-state index contributed by atoms with van der Waals surface area (Å²) in [5.74, 6) is -1.14. The van der Waals surface area contributed by atoms with E-state index in [9.17, 15) is 20.0 Å². The number of hydrogen-bond donors (Lipinski definition) is 2. The molecule has 0 aliphatic rings. The number of hydrogen-bond acceptors (Lipinski definition) is 5. The summed E-state index contributed by atoms with van der Waals surface area (Å²) < 4.78 is 5.09. The van der Waals surface area contributed by atoms with Gasteiger partial charge in [0.1, 0.15) is 12.4 Å². The number of nitrogens with zero attached hydrogens (tertiary/aromatic N) is 1. The Labute approximate surface area is 103 Å². The van der Waals surface area contributed by atoms with Crippen molar-refractivity contribution in [3.05, 3.63) is 33.9 Å². The molecule has 0 radical (unpaired) electrons. The van der Waals surface area contributed by atoms with Crippen molar-refractivity contribution in [2.45, 2.75) is 19.4 Å². The van der Waals surface area contributed by atoms with E-state index in [-0.39, 0.29) is 11.4 Å². The van der Waals surface area contributed by atoms with Crippen LogP contribution in [0.4, 0.5) is 5.69 Å². The Balaban J connectivity index is 2.79. The van der Waals surface area contributed by atoms with Crippen LogP contribution < -0.4 is 4.74 Å². The summed E-state index contributed by atoms with van der Waals surface area (Å²) in [5, 5.41) is 28.7. The number of nitro groups is 1. The van der Waals surface area contributed by atoms with E-state index in [1.165, 1.54) is 18.2 Å². The second-order valence-electron chi connectivity index (χ2n) is 4.07. The number of aliphatic hydroxyl groups is 1. The van der Waals surface area contributed by atoms with Gasteiger partial charge in [-0.3, -0.25) is 10.1 Å². The monoisotopic (exact) mass is 255 g/mol. The topological polar surface area (TPSA) is 110 Å². The van der Waals surface area contributed by atoms with Gasteiger partial charge in [0.05, 0.1) is 4.92 Å². The lowest BCUT2D eigenvalue weighted by atomic mass is 10.1. The lowest BCUT2D eigenvalue weighted by Gasteiger charge is -2.18. The molecule has 7 heteroatoms. The van der Waals surface area contributed by atoms with Crippen molar-refractivity contribution in [2.75, 3.05) is 6.61 Å². The van der Waals surface area contributed by atoms with Crippen molar-refractivity contribution in [3.8, 4) is 5.75 Å². The van der Waals surface area contributed by atoms with Crippen LogP contribution >= 0.6 is 0 Å². The number of carbonyl (C=O) groups is 1. The number of benzene rings is 1. The van der Waals surface area contributed by atoms with Crippen LogP contribution in [0.1, 0.15) is 12.5 Å². The Morgan fingerprint density at radius 3 is 2.61 bits per heavy atom. The summed E-state index contributed by atoms with van der Waals surface area (Å²) in [6, 6.07) is 4.03. The molecule has 0 aliphatic carbocycles. The summed E-state index contributed by atoms with van der Waals surface area (Å²) in [6.45, 7) is 2.20. The predicted octanol–water partition coefficient (Wildman–Crippen LogP) is 1.12. The predicted molar refractivity (Wildman–Crippen MR) is 61.6 cm³/mol. The lowest BCUT2D eigenvalue weighted by molar-refractivity contribution is -0.385. The first-order valence-corrected chi connectivity index (χ1v) is 5.07. The van der Waals surface area contributed by atoms with Crippen LogP contribution in [0.25, 0.3) is 0 Å². The Kier molecular flexibility index (Phi) is 3.87. The molecule has 0 saturated carbocycles. The van der Waals surface area contributed by atoms with Crippen LogP contribution in [0.3, 0.4) is 0 Å². The van der Waals surface area contributed by atoms with E-state index in [0.717, 1.165) is 6.92 Å². The van der Waals surface area contributed by atoms with Gasteiger partial charge in [-0.25, -0.2) is 4.79 Å². The van der Waals surface area contributed by atoms with Gasteiger partial charge in [-0.1, -0.05) is 0 Å². The van der Waals surface area contributed by atoms with Crippen LogP contribution in [-0.2, 0) is 4.79 Å². The van der Waals surface area contributed by atoms with E-state index in [2.05, 4.69) is 0 Å². The molecule has 7 nitrogen and oxygen atoms in total. The number of aryl methyl sites for hydroxylation is 1. The highest BCUT2D eigenvalue weighted by Crippen LogP contribution is 2.23. The zero-order valence-electron chi connectivity index (χ0n) is 9.91. The van der Waals surface area contributed by atoms with Crippen molar-refractivity contribution < 1.29 is 24.7 Å². The van der Waals surface area contributed by atoms with Gasteiger partial charge in [0.25, 0.3) is 5.69 Å². The fourth-order valence-corrected chi connectivity index (χ4v) is 1.21. The van der Waals surface area contributed by atoms with Crippen LogP contribution in [0.15, 0.2) is 18.2 Å². The average molecular weight is 255 g/mol. The molecule has 0 aliphatic heterocycles. The number of carboxylic acids is 1. The van der Waals surface area contributed by atoms with Crippen LogP contribution in [0.2, 0.25) is 0 Å². The van der Waals surface area contributed by atoms with E-state index in [1.807, 2.05) is 0 Å². The van der Waals surface area contributed by atoms with Gasteiger partial charge >= 0.3 is 5.97 Å². The van der Waals surface area contributed by atoms with Crippen molar-refractivity contribution in [1.29, 1.82) is 0 Å². The molecule has 0 fully saturated rings. The third kappa shape index (κ3) is 3.17. The minimum absolute atomic E-state index is 0.0488. The molecule has 0 aromatic heterocycles. The summed E-state index contributed by atoms with van der Waals surface area (Å²) >= 11 is 0. The fourth-order valence-electron chi connectivity index (χ4n) is 1.21. The van der Waals surface area contributed by atoms with E-state index in [4.69, 9.17) is 9.84 Å². The largest absolute Gasteiger partial charge is 0.490 e. The van der Waals surface area contributed by atoms with Gasteiger partial charge in [0, 0.05) is 11.6 Å². The molecule has 18 heavy (non-hydrogen) atoms. The third-order valence-corrected chi connectivity index (χ3v) is 2.35. The van der Waals surface area contributed by atoms with Crippen molar-refractivity contribution in [1.82, 2.24) is 0 Å². The highest BCUT2D eigenvalue weighted by atomic mass is 16.6. The second-order valence-corrected chi connectivity index (χ2v) is 4.07. The number of rotatable bonds is 5. The smallest absolute Gasteiger partial charge is 0.339 e. The van der Waals surface area contributed by atoms with E-state index in [1.54, 1.807) is 6.92 Å². The molecule has 0 heterocycles. The molecule has 1 aromatic carbocycles. The molecule has 1 unspecified atom stereocenters. The van der Waals surface area contributed by atoms with E-state index in [0.29, 0.717) is 5.56 Å². The van der Waals surface area contributed by atoms with Crippen LogP contribution in [0.5, 0.6) is 5.75 Å². The first kappa shape index (κ1) is 13.9. The van der Waals surface area contributed by atoms with Gasteiger partial charge < -0.3 is 14.9 Å². The molecule has 1 rings (SSSR count). The summed E-state index contributed by atoms with van der Waals surface area (Å²) in [5.41, 5.74) is -1.66. The van der Waals surface area contributed by atoms with E-state index >= 15 is 0 Å². The van der Waals surface area contributed by atoms with E-state index < -0.39 is 23.1 Å². The second kappa shape index (κ2) is 5.01. The molecule has 0 amide bonds. The zero-order valence-corrected chi connectivity index (χ0v) is 9.91. The van der Waals surface area contributed by atoms with Crippen LogP contribution in [-0.4, -0.2) is 33.3 Å². The highest BCUT2D eigenvalue weighted by molar-refractivity contribution is 5.76. The van der Waals surface area contributed by atoms with Crippen molar-refractivity contribution in [2.24, 2.45) is 0 Å². The maximum atomic E-state index is 10.6. The molecule has 0 saturated heterocycles. The number of nitro benzene ring substituents is 1. The van der Waals surface area contributed by atoms with Gasteiger partial charge in [-0.2, -0.15) is 0 Å². The Bertz CT molecular complexity index is 482. The van der Waals surface area contributed by atoms with Gasteiger partial charge in [0.2, 0.25) is 0 Å². The average Bonchev–Trinajstić information content (AvgIpc) is 2.25.